The molecule has 0 spiro atoms. The van der Waals surface area contributed by atoms with E-state index in [0.717, 1.165) is 44.8 Å². The molecule has 0 aliphatic carbocycles. The molecule has 1 aliphatic heterocycles. The lowest BCUT2D eigenvalue weighted by Gasteiger charge is -2.29. The van der Waals surface area contributed by atoms with Crippen LogP contribution in [0.15, 0.2) is 18.2 Å². The standard InChI is InChI=1S/C14H23N3O2/c1-16(8-9-17-6-4-15-5-7-17)11-12-2-3-13(18)10-14(12)19/h2-3,10,15,18-19H,4-9,11H2,1H3. The maximum atomic E-state index is 9.75. The average molecular weight is 265 g/mol. The molecule has 0 aromatic heterocycles. The summed E-state index contributed by atoms with van der Waals surface area (Å²) in [5, 5.41) is 22.4. The van der Waals surface area contributed by atoms with Crippen molar-refractivity contribution >= 4 is 0 Å². The van der Waals surface area contributed by atoms with Crippen molar-refractivity contribution in [3.63, 3.8) is 0 Å². The summed E-state index contributed by atoms with van der Waals surface area (Å²) in [7, 11) is 2.05. The number of nitrogens with zero attached hydrogens (tertiary/aromatic N) is 2. The Labute approximate surface area is 114 Å². The van der Waals surface area contributed by atoms with Crippen LogP contribution in [0.4, 0.5) is 0 Å². The minimum atomic E-state index is 0.102. The molecule has 19 heavy (non-hydrogen) atoms. The van der Waals surface area contributed by atoms with Crippen LogP contribution in [-0.4, -0.2) is 66.3 Å². The average Bonchev–Trinajstić information content (AvgIpc) is 2.41. The van der Waals surface area contributed by atoms with Crippen LogP contribution in [0.1, 0.15) is 5.56 Å². The van der Waals surface area contributed by atoms with Gasteiger partial charge < -0.3 is 20.4 Å². The molecule has 0 amide bonds. The van der Waals surface area contributed by atoms with Crippen LogP contribution in [0.25, 0.3) is 0 Å². The molecule has 0 radical (unpaired) electrons. The van der Waals surface area contributed by atoms with Crippen molar-refractivity contribution in [2.24, 2.45) is 0 Å². The van der Waals surface area contributed by atoms with Crippen molar-refractivity contribution in [1.29, 1.82) is 0 Å². The van der Waals surface area contributed by atoms with E-state index < -0.39 is 0 Å². The zero-order valence-corrected chi connectivity index (χ0v) is 11.5. The van der Waals surface area contributed by atoms with Crippen LogP contribution in [0.2, 0.25) is 0 Å². The second kappa shape index (κ2) is 6.75. The Balaban J connectivity index is 1.78. The summed E-state index contributed by atoms with van der Waals surface area (Å²) in [6.45, 7) is 7.08. The number of phenols is 2. The van der Waals surface area contributed by atoms with Crippen molar-refractivity contribution < 1.29 is 10.2 Å². The summed E-state index contributed by atoms with van der Waals surface area (Å²) >= 11 is 0. The molecule has 1 heterocycles. The maximum absolute atomic E-state index is 9.75. The predicted molar refractivity (Wildman–Crippen MR) is 75.4 cm³/mol. The number of phenolic OH excluding ortho intramolecular Hbond substituents is 2. The molecule has 1 saturated heterocycles. The maximum Gasteiger partial charge on any atom is 0.123 e. The fraction of sp³-hybridized carbons (Fsp3) is 0.571. The summed E-state index contributed by atoms with van der Waals surface area (Å²) in [6, 6.07) is 4.77. The highest BCUT2D eigenvalue weighted by atomic mass is 16.3. The molecule has 0 unspecified atom stereocenters. The molecule has 5 nitrogen and oxygen atoms in total. The highest BCUT2D eigenvalue weighted by Gasteiger charge is 2.11. The van der Waals surface area contributed by atoms with Gasteiger partial charge in [0, 0.05) is 57.4 Å². The molecule has 1 aromatic carbocycles. The van der Waals surface area contributed by atoms with Crippen LogP contribution in [0, 0.1) is 0 Å². The SMILES string of the molecule is CN(CCN1CCNCC1)Cc1ccc(O)cc1O. The van der Waals surface area contributed by atoms with Gasteiger partial charge in [0.1, 0.15) is 11.5 Å². The van der Waals surface area contributed by atoms with E-state index in [1.807, 2.05) is 0 Å². The van der Waals surface area contributed by atoms with Crippen molar-refractivity contribution in [3.05, 3.63) is 23.8 Å². The first-order chi connectivity index (χ1) is 9.15. The van der Waals surface area contributed by atoms with Gasteiger partial charge in [-0.2, -0.15) is 0 Å². The van der Waals surface area contributed by atoms with E-state index >= 15 is 0 Å². The highest BCUT2D eigenvalue weighted by molar-refractivity contribution is 5.38. The first-order valence-corrected chi connectivity index (χ1v) is 6.77. The lowest BCUT2D eigenvalue weighted by molar-refractivity contribution is 0.201. The Morgan fingerprint density at radius 1 is 1.26 bits per heavy atom. The van der Waals surface area contributed by atoms with Gasteiger partial charge in [-0.3, -0.25) is 4.90 Å². The van der Waals surface area contributed by atoms with E-state index in [0.29, 0.717) is 6.54 Å². The Kier molecular flexibility index (Phi) is 5.01. The molecule has 1 fully saturated rings. The quantitative estimate of drug-likeness (QED) is 0.721. The fourth-order valence-corrected chi connectivity index (χ4v) is 2.30. The van der Waals surface area contributed by atoms with Gasteiger partial charge in [0.25, 0.3) is 0 Å². The van der Waals surface area contributed by atoms with Gasteiger partial charge in [-0.25, -0.2) is 0 Å². The van der Waals surface area contributed by atoms with E-state index in [1.165, 1.54) is 6.07 Å². The van der Waals surface area contributed by atoms with Crippen LogP contribution in [0.5, 0.6) is 11.5 Å². The number of aromatic hydroxyl groups is 2. The summed E-state index contributed by atoms with van der Waals surface area (Å²) < 4.78 is 0. The number of piperazine rings is 1. The molecule has 106 valence electrons. The van der Waals surface area contributed by atoms with Crippen LogP contribution in [0.3, 0.4) is 0 Å². The second-order valence-electron chi connectivity index (χ2n) is 5.14. The van der Waals surface area contributed by atoms with Crippen LogP contribution >= 0.6 is 0 Å². The van der Waals surface area contributed by atoms with Gasteiger partial charge in [-0.15, -0.1) is 0 Å². The van der Waals surface area contributed by atoms with Crippen molar-refractivity contribution in [1.82, 2.24) is 15.1 Å². The van der Waals surface area contributed by atoms with Crippen LogP contribution in [-0.2, 0) is 6.54 Å². The molecule has 0 saturated carbocycles. The highest BCUT2D eigenvalue weighted by Crippen LogP contribution is 2.23. The molecule has 0 atom stereocenters. The van der Waals surface area contributed by atoms with Gasteiger partial charge >= 0.3 is 0 Å². The summed E-state index contributed by atoms with van der Waals surface area (Å²) in [6.07, 6.45) is 0. The lowest BCUT2D eigenvalue weighted by atomic mass is 10.2. The van der Waals surface area contributed by atoms with Crippen molar-refractivity contribution in [2.45, 2.75) is 6.54 Å². The minimum absolute atomic E-state index is 0.102. The topological polar surface area (TPSA) is 59.0 Å². The number of rotatable bonds is 5. The van der Waals surface area contributed by atoms with Gasteiger partial charge in [0.15, 0.2) is 0 Å². The van der Waals surface area contributed by atoms with Gasteiger partial charge in [0.2, 0.25) is 0 Å². The summed E-state index contributed by atoms with van der Waals surface area (Å²) in [5.74, 6) is 0.263. The predicted octanol–water partition coefficient (Wildman–Crippen LogP) is 0.435. The first kappa shape index (κ1) is 14.1. The molecule has 5 heteroatoms. The van der Waals surface area contributed by atoms with E-state index in [1.54, 1.807) is 12.1 Å². The number of hydrogen-bond acceptors (Lipinski definition) is 5. The smallest absolute Gasteiger partial charge is 0.123 e. The Hall–Kier alpha value is -1.30. The lowest BCUT2D eigenvalue weighted by Crippen LogP contribution is -2.45. The molecule has 2 rings (SSSR count). The second-order valence-corrected chi connectivity index (χ2v) is 5.14. The van der Waals surface area contributed by atoms with E-state index in [4.69, 9.17) is 0 Å². The van der Waals surface area contributed by atoms with Gasteiger partial charge in [0.05, 0.1) is 0 Å². The number of hydrogen-bond donors (Lipinski definition) is 3. The Bertz CT molecular complexity index is 406. The van der Waals surface area contributed by atoms with E-state index in [2.05, 4.69) is 22.2 Å². The molecule has 1 aromatic rings. The number of benzene rings is 1. The Morgan fingerprint density at radius 3 is 2.68 bits per heavy atom. The fourth-order valence-electron chi connectivity index (χ4n) is 2.30. The van der Waals surface area contributed by atoms with Crippen molar-refractivity contribution in [3.8, 4) is 11.5 Å². The normalized spacial score (nSPS) is 16.9. The van der Waals surface area contributed by atoms with Gasteiger partial charge in [-0.1, -0.05) is 6.07 Å². The zero-order valence-electron chi connectivity index (χ0n) is 11.5. The van der Waals surface area contributed by atoms with Crippen molar-refractivity contribution in [2.75, 3.05) is 46.3 Å². The summed E-state index contributed by atoms with van der Waals surface area (Å²) in [5.41, 5.74) is 0.848. The molecular formula is C14H23N3O2. The third-order valence-corrected chi connectivity index (χ3v) is 3.52. The minimum Gasteiger partial charge on any atom is -0.508 e. The molecule has 1 aliphatic rings. The largest absolute Gasteiger partial charge is 0.508 e. The molecular weight excluding hydrogens is 242 g/mol. The monoisotopic (exact) mass is 265 g/mol. The number of nitrogens with one attached hydrogen (secondary N) is 1. The van der Waals surface area contributed by atoms with Crippen LogP contribution < -0.4 is 5.32 Å². The third kappa shape index (κ3) is 4.38. The van der Waals surface area contributed by atoms with Gasteiger partial charge in [-0.05, 0) is 13.1 Å². The molecule has 0 bridgehead atoms. The Morgan fingerprint density at radius 2 is 2.00 bits per heavy atom. The first-order valence-electron chi connectivity index (χ1n) is 6.77. The molecule has 3 N–H and O–H groups in total. The summed E-state index contributed by atoms with van der Waals surface area (Å²) in [4.78, 5) is 4.64. The van der Waals surface area contributed by atoms with E-state index in [9.17, 15) is 10.2 Å². The van der Waals surface area contributed by atoms with E-state index in [-0.39, 0.29) is 11.5 Å². The zero-order chi connectivity index (χ0) is 13.7. The number of likely N-dealkylation sites (N-methyl/N-ethyl adjacent to an activating group) is 1. The third-order valence-electron chi connectivity index (χ3n) is 3.52.